The summed E-state index contributed by atoms with van der Waals surface area (Å²) < 4.78 is 0. The number of aromatic nitrogens is 1. The lowest BCUT2D eigenvalue weighted by Crippen LogP contribution is -2.43. The first-order valence-electron chi connectivity index (χ1n) is 9.97. The van der Waals surface area contributed by atoms with E-state index in [2.05, 4.69) is 22.1 Å². The normalized spacial score (nSPS) is 14.4. The smallest absolute Gasteiger partial charge is 0.253 e. The molecule has 4 rings (SSSR count). The number of benzene rings is 2. The quantitative estimate of drug-likeness (QED) is 0.622. The van der Waals surface area contributed by atoms with Gasteiger partial charge in [-0.2, -0.15) is 0 Å². The van der Waals surface area contributed by atoms with Crippen LogP contribution in [0.5, 0.6) is 0 Å². The molecule has 1 saturated heterocycles. The third-order valence-electron chi connectivity index (χ3n) is 5.54. The summed E-state index contributed by atoms with van der Waals surface area (Å²) in [5.41, 5.74) is 8.20. The van der Waals surface area contributed by atoms with E-state index in [1.54, 1.807) is 6.20 Å². The molecule has 2 aromatic carbocycles. The van der Waals surface area contributed by atoms with Crippen molar-refractivity contribution in [3.63, 3.8) is 0 Å². The van der Waals surface area contributed by atoms with Crippen LogP contribution in [0.4, 0.5) is 5.82 Å². The summed E-state index contributed by atoms with van der Waals surface area (Å²) in [6.45, 7) is 1.56. The van der Waals surface area contributed by atoms with E-state index in [-0.39, 0.29) is 5.91 Å². The van der Waals surface area contributed by atoms with Crippen LogP contribution in [0.25, 0.3) is 10.8 Å². The van der Waals surface area contributed by atoms with Crippen LogP contribution in [0, 0.1) is 11.8 Å². The highest BCUT2D eigenvalue weighted by atomic mass is 35.5. The summed E-state index contributed by atoms with van der Waals surface area (Å²) in [7, 11) is 1.97. The summed E-state index contributed by atoms with van der Waals surface area (Å²) in [5, 5.41) is 5.71. The molecule has 1 aliphatic rings. The predicted octanol–water partition coefficient (Wildman–Crippen LogP) is 3.69. The lowest BCUT2D eigenvalue weighted by atomic mass is 10.0. The Labute approximate surface area is 181 Å². The number of nitrogens with one attached hydrogen (secondary N) is 1. The number of nitrogen functional groups attached to an aromatic ring is 1. The molecule has 3 aromatic rings. The number of fused-ring (bicyclic) bond motifs is 1. The number of hydrogen-bond acceptors (Lipinski definition) is 4. The zero-order valence-electron chi connectivity index (χ0n) is 16.8. The van der Waals surface area contributed by atoms with E-state index in [9.17, 15) is 4.79 Å². The van der Waals surface area contributed by atoms with Crippen LogP contribution >= 0.6 is 11.6 Å². The molecule has 0 unspecified atom stereocenters. The second-order valence-electron chi connectivity index (χ2n) is 7.43. The molecule has 2 heterocycles. The SMILES string of the molecule is CNC1CCN(C(=O)c2ccc(C#Cc3c(N)ncc4ccc(Cl)cc34)cc2)CC1. The maximum absolute atomic E-state index is 12.7. The molecule has 30 heavy (non-hydrogen) atoms. The zero-order chi connectivity index (χ0) is 21.1. The number of piperidine rings is 1. The molecule has 0 aliphatic carbocycles. The molecule has 0 radical (unpaired) electrons. The van der Waals surface area contributed by atoms with Crippen LogP contribution in [0.1, 0.15) is 34.3 Å². The Hall–Kier alpha value is -3.07. The highest BCUT2D eigenvalue weighted by molar-refractivity contribution is 6.31. The Morgan fingerprint density at radius 2 is 1.90 bits per heavy atom. The largest absolute Gasteiger partial charge is 0.383 e. The topological polar surface area (TPSA) is 71.2 Å². The lowest BCUT2D eigenvalue weighted by Gasteiger charge is -2.31. The fraction of sp³-hybridized carbons (Fsp3) is 0.250. The zero-order valence-corrected chi connectivity index (χ0v) is 17.5. The van der Waals surface area contributed by atoms with Gasteiger partial charge in [-0.15, -0.1) is 0 Å². The number of nitrogens with two attached hydrogens (primary N) is 1. The Morgan fingerprint density at radius 1 is 1.17 bits per heavy atom. The van der Waals surface area contributed by atoms with Crippen molar-refractivity contribution in [2.24, 2.45) is 0 Å². The molecule has 0 atom stereocenters. The van der Waals surface area contributed by atoms with Gasteiger partial charge in [-0.25, -0.2) is 4.98 Å². The molecule has 152 valence electrons. The van der Waals surface area contributed by atoms with Gasteiger partial charge >= 0.3 is 0 Å². The lowest BCUT2D eigenvalue weighted by molar-refractivity contribution is 0.0707. The number of nitrogens with zero attached hydrogens (tertiary/aromatic N) is 2. The minimum Gasteiger partial charge on any atom is -0.383 e. The molecule has 1 aliphatic heterocycles. The van der Waals surface area contributed by atoms with Gasteiger partial charge in [-0.1, -0.05) is 29.5 Å². The van der Waals surface area contributed by atoms with Crippen molar-refractivity contribution in [2.45, 2.75) is 18.9 Å². The van der Waals surface area contributed by atoms with Gasteiger partial charge in [-0.05, 0) is 56.3 Å². The average Bonchev–Trinajstić information content (AvgIpc) is 2.78. The fourth-order valence-corrected chi connectivity index (χ4v) is 3.89. The van der Waals surface area contributed by atoms with Crippen LogP contribution in [0.2, 0.25) is 5.02 Å². The number of rotatable bonds is 2. The first kappa shape index (κ1) is 20.2. The van der Waals surface area contributed by atoms with Crippen molar-refractivity contribution in [1.29, 1.82) is 0 Å². The molecule has 0 bridgehead atoms. The molecule has 5 nitrogen and oxygen atoms in total. The van der Waals surface area contributed by atoms with Gasteiger partial charge in [0.15, 0.2) is 0 Å². The van der Waals surface area contributed by atoms with Crippen LogP contribution in [0.3, 0.4) is 0 Å². The number of likely N-dealkylation sites (tertiary alicyclic amines) is 1. The molecule has 1 aromatic heterocycles. The van der Waals surface area contributed by atoms with Gasteiger partial charge in [0.25, 0.3) is 5.91 Å². The number of pyridine rings is 1. The van der Waals surface area contributed by atoms with Crippen molar-refractivity contribution in [1.82, 2.24) is 15.2 Å². The monoisotopic (exact) mass is 418 g/mol. The number of carbonyl (C=O) groups is 1. The fourth-order valence-electron chi connectivity index (χ4n) is 3.72. The van der Waals surface area contributed by atoms with Gasteiger partial charge in [0.1, 0.15) is 5.82 Å². The number of amides is 1. The third-order valence-corrected chi connectivity index (χ3v) is 5.77. The third kappa shape index (κ3) is 4.25. The minimum absolute atomic E-state index is 0.0706. The second-order valence-corrected chi connectivity index (χ2v) is 7.87. The number of carbonyl (C=O) groups excluding carboxylic acids is 1. The summed E-state index contributed by atoms with van der Waals surface area (Å²) in [5.74, 6) is 6.69. The van der Waals surface area contributed by atoms with Crippen molar-refractivity contribution in [3.05, 3.63) is 70.4 Å². The predicted molar refractivity (Wildman–Crippen MR) is 122 cm³/mol. The summed E-state index contributed by atoms with van der Waals surface area (Å²) in [6, 6.07) is 13.4. The molecular weight excluding hydrogens is 396 g/mol. The molecule has 0 saturated carbocycles. The summed E-state index contributed by atoms with van der Waals surface area (Å²) >= 11 is 6.14. The molecule has 0 spiro atoms. The standard InChI is InChI=1S/C24H23ClN4O/c1-27-20-10-12-29(13-11-20)24(30)17-5-2-16(3-6-17)4-9-21-22-14-19(25)8-7-18(22)15-28-23(21)26/h2-3,5-8,14-15,20,27H,10-13H2,1H3,(H2,26,28). The van der Waals surface area contributed by atoms with Crippen LogP contribution in [-0.4, -0.2) is 42.0 Å². The van der Waals surface area contributed by atoms with Crippen molar-refractivity contribution in [3.8, 4) is 11.8 Å². The molecule has 1 fully saturated rings. The van der Waals surface area contributed by atoms with Gasteiger partial charge in [0.05, 0.1) is 5.56 Å². The maximum Gasteiger partial charge on any atom is 0.253 e. The van der Waals surface area contributed by atoms with E-state index >= 15 is 0 Å². The highest BCUT2D eigenvalue weighted by Gasteiger charge is 2.22. The molecule has 1 amide bonds. The number of halogens is 1. The first-order chi connectivity index (χ1) is 14.5. The molecule has 6 heteroatoms. The first-order valence-corrected chi connectivity index (χ1v) is 10.4. The van der Waals surface area contributed by atoms with Gasteiger partial charge < -0.3 is 16.0 Å². The Balaban J connectivity index is 1.54. The van der Waals surface area contributed by atoms with Crippen molar-refractivity contribution < 1.29 is 4.79 Å². The Kier molecular flexibility index (Phi) is 5.89. The Bertz CT molecular complexity index is 1130. The number of anilines is 1. The van der Waals surface area contributed by atoms with Crippen LogP contribution in [0.15, 0.2) is 48.7 Å². The van der Waals surface area contributed by atoms with E-state index in [1.807, 2.05) is 54.4 Å². The summed E-state index contributed by atoms with van der Waals surface area (Å²) in [6.07, 6.45) is 3.68. The highest BCUT2D eigenvalue weighted by Crippen LogP contribution is 2.25. The number of hydrogen-bond donors (Lipinski definition) is 2. The van der Waals surface area contributed by atoms with E-state index in [0.29, 0.717) is 28.0 Å². The molecule has 3 N–H and O–H groups in total. The van der Waals surface area contributed by atoms with Crippen LogP contribution in [-0.2, 0) is 0 Å². The van der Waals surface area contributed by atoms with Crippen molar-refractivity contribution >= 4 is 34.1 Å². The molecular formula is C24H23ClN4O. The van der Waals surface area contributed by atoms with Gasteiger partial charge in [-0.3, -0.25) is 4.79 Å². The Morgan fingerprint density at radius 3 is 2.60 bits per heavy atom. The van der Waals surface area contributed by atoms with E-state index in [1.165, 1.54) is 0 Å². The summed E-state index contributed by atoms with van der Waals surface area (Å²) in [4.78, 5) is 18.9. The van der Waals surface area contributed by atoms with Crippen molar-refractivity contribution in [2.75, 3.05) is 25.9 Å². The second kappa shape index (κ2) is 8.74. The van der Waals surface area contributed by atoms with Crippen LogP contribution < -0.4 is 11.1 Å². The average molecular weight is 419 g/mol. The van der Waals surface area contributed by atoms with E-state index < -0.39 is 0 Å². The van der Waals surface area contributed by atoms with Gasteiger partial charge in [0, 0.05) is 52.3 Å². The maximum atomic E-state index is 12.7. The van der Waals surface area contributed by atoms with E-state index in [0.717, 1.165) is 42.3 Å². The van der Waals surface area contributed by atoms with Gasteiger partial charge in [0.2, 0.25) is 0 Å². The van der Waals surface area contributed by atoms with E-state index in [4.69, 9.17) is 17.3 Å². The minimum atomic E-state index is 0.0706.